The molecule has 1 amide bonds. The number of benzene rings is 2. The second-order valence-corrected chi connectivity index (χ2v) is 7.01. The van der Waals surface area contributed by atoms with Gasteiger partial charge in [0, 0.05) is 16.6 Å². The summed E-state index contributed by atoms with van der Waals surface area (Å²) in [5, 5.41) is 3.85. The van der Waals surface area contributed by atoms with Crippen LogP contribution in [0, 0.1) is 13.8 Å². The minimum atomic E-state index is -0.345. The average Bonchev–Trinajstić information content (AvgIpc) is 3.05. The first-order chi connectivity index (χ1) is 13.5. The molecule has 28 heavy (non-hydrogen) atoms. The Kier molecular flexibility index (Phi) is 6.14. The minimum Gasteiger partial charge on any atom is -0.464 e. The molecule has 5 nitrogen and oxygen atoms in total. The maximum Gasteiger partial charge on any atom is 0.338 e. The number of carbonyl (C=O) groups is 2. The van der Waals surface area contributed by atoms with Crippen LogP contribution in [-0.2, 0) is 16.0 Å². The van der Waals surface area contributed by atoms with E-state index in [4.69, 9.17) is 9.15 Å². The molecule has 0 aliphatic heterocycles. The van der Waals surface area contributed by atoms with E-state index >= 15 is 0 Å². The van der Waals surface area contributed by atoms with Crippen LogP contribution < -0.4 is 5.32 Å². The third-order valence-electron chi connectivity index (χ3n) is 4.58. The van der Waals surface area contributed by atoms with E-state index < -0.39 is 0 Å². The van der Waals surface area contributed by atoms with Crippen molar-refractivity contribution in [1.82, 2.24) is 0 Å². The topological polar surface area (TPSA) is 68.5 Å². The second kappa shape index (κ2) is 8.74. The Balaban J connectivity index is 1.63. The molecule has 0 saturated heterocycles. The SMILES string of the molecule is CCCCOC(=O)c1ccc(NC(=O)Cc2coc3cc(C)cc(C)c23)cc1. The van der Waals surface area contributed by atoms with Crippen LogP contribution in [0.1, 0.15) is 46.8 Å². The van der Waals surface area contributed by atoms with Crippen LogP contribution in [0.5, 0.6) is 0 Å². The summed E-state index contributed by atoms with van der Waals surface area (Å²) in [4.78, 5) is 24.4. The number of fused-ring (bicyclic) bond motifs is 1. The van der Waals surface area contributed by atoms with Crippen molar-refractivity contribution >= 4 is 28.5 Å². The summed E-state index contributed by atoms with van der Waals surface area (Å²) in [6.07, 6.45) is 3.69. The van der Waals surface area contributed by atoms with E-state index in [1.165, 1.54) is 0 Å². The largest absolute Gasteiger partial charge is 0.464 e. The van der Waals surface area contributed by atoms with Gasteiger partial charge in [0.05, 0.1) is 24.9 Å². The number of furan rings is 1. The van der Waals surface area contributed by atoms with Gasteiger partial charge < -0.3 is 14.5 Å². The summed E-state index contributed by atoms with van der Waals surface area (Å²) in [6, 6.07) is 10.8. The molecule has 0 aliphatic carbocycles. The van der Waals surface area contributed by atoms with E-state index in [0.29, 0.717) is 17.9 Å². The summed E-state index contributed by atoms with van der Waals surface area (Å²) in [5.74, 6) is -0.483. The third-order valence-corrected chi connectivity index (χ3v) is 4.58. The first-order valence-corrected chi connectivity index (χ1v) is 9.52. The van der Waals surface area contributed by atoms with Crippen molar-refractivity contribution in [3.05, 3.63) is 64.9 Å². The van der Waals surface area contributed by atoms with E-state index in [9.17, 15) is 9.59 Å². The Morgan fingerprint density at radius 2 is 1.86 bits per heavy atom. The van der Waals surface area contributed by atoms with E-state index in [1.54, 1.807) is 30.5 Å². The highest BCUT2D eigenvalue weighted by Gasteiger charge is 2.13. The summed E-state index contributed by atoms with van der Waals surface area (Å²) in [7, 11) is 0. The fraction of sp³-hybridized carbons (Fsp3) is 0.304. The lowest BCUT2D eigenvalue weighted by molar-refractivity contribution is -0.115. The predicted molar refractivity (Wildman–Crippen MR) is 110 cm³/mol. The number of unbranched alkanes of at least 4 members (excludes halogenated alkanes) is 1. The van der Waals surface area contributed by atoms with Gasteiger partial charge in [-0.2, -0.15) is 0 Å². The smallest absolute Gasteiger partial charge is 0.338 e. The van der Waals surface area contributed by atoms with Gasteiger partial charge in [-0.15, -0.1) is 0 Å². The number of ether oxygens (including phenoxy) is 1. The van der Waals surface area contributed by atoms with Gasteiger partial charge in [0.15, 0.2) is 0 Å². The fourth-order valence-electron chi connectivity index (χ4n) is 3.22. The van der Waals surface area contributed by atoms with Crippen molar-refractivity contribution in [2.75, 3.05) is 11.9 Å². The normalized spacial score (nSPS) is 10.8. The molecule has 1 N–H and O–H groups in total. The van der Waals surface area contributed by atoms with Gasteiger partial charge in [-0.05, 0) is 61.7 Å². The van der Waals surface area contributed by atoms with Crippen LogP contribution in [0.15, 0.2) is 47.1 Å². The van der Waals surface area contributed by atoms with Crippen molar-refractivity contribution in [1.29, 1.82) is 0 Å². The van der Waals surface area contributed by atoms with Gasteiger partial charge in [0.1, 0.15) is 5.58 Å². The number of anilines is 1. The monoisotopic (exact) mass is 379 g/mol. The molecule has 146 valence electrons. The van der Waals surface area contributed by atoms with Gasteiger partial charge in [0.25, 0.3) is 0 Å². The molecular weight excluding hydrogens is 354 g/mol. The van der Waals surface area contributed by atoms with Crippen LogP contribution in [0.3, 0.4) is 0 Å². The van der Waals surface area contributed by atoms with Gasteiger partial charge in [-0.1, -0.05) is 19.4 Å². The van der Waals surface area contributed by atoms with Crippen molar-refractivity contribution in [2.45, 2.75) is 40.0 Å². The van der Waals surface area contributed by atoms with Crippen molar-refractivity contribution in [3.63, 3.8) is 0 Å². The quantitative estimate of drug-likeness (QED) is 0.453. The highest BCUT2D eigenvalue weighted by molar-refractivity contribution is 5.97. The molecule has 0 fully saturated rings. The molecule has 3 aromatic rings. The number of nitrogens with one attached hydrogen (secondary N) is 1. The first-order valence-electron chi connectivity index (χ1n) is 9.52. The second-order valence-electron chi connectivity index (χ2n) is 7.01. The lowest BCUT2D eigenvalue weighted by Crippen LogP contribution is -2.14. The third kappa shape index (κ3) is 4.60. The molecule has 0 unspecified atom stereocenters. The summed E-state index contributed by atoms with van der Waals surface area (Å²) in [5.41, 5.74) is 4.99. The minimum absolute atomic E-state index is 0.138. The summed E-state index contributed by atoms with van der Waals surface area (Å²) < 4.78 is 10.8. The Bertz CT molecular complexity index is 986. The molecule has 0 saturated carbocycles. The van der Waals surface area contributed by atoms with Gasteiger partial charge in [-0.3, -0.25) is 4.79 Å². The summed E-state index contributed by atoms with van der Waals surface area (Å²) >= 11 is 0. The lowest BCUT2D eigenvalue weighted by atomic mass is 10.0. The fourth-order valence-corrected chi connectivity index (χ4v) is 3.22. The van der Waals surface area contributed by atoms with Crippen molar-refractivity contribution in [2.24, 2.45) is 0 Å². The maximum absolute atomic E-state index is 12.5. The van der Waals surface area contributed by atoms with Gasteiger partial charge in [-0.25, -0.2) is 4.79 Å². The highest BCUT2D eigenvalue weighted by atomic mass is 16.5. The van der Waals surface area contributed by atoms with E-state index in [2.05, 4.69) is 11.4 Å². The van der Waals surface area contributed by atoms with Crippen LogP contribution in [0.4, 0.5) is 5.69 Å². The number of rotatable bonds is 7. The maximum atomic E-state index is 12.5. The number of hydrogen-bond donors (Lipinski definition) is 1. The van der Waals surface area contributed by atoms with Crippen molar-refractivity contribution < 1.29 is 18.7 Å². The highest BCUT2D eigenvalue weighted by Crippen LogP contribution is 2.27. The first kappa shape index (κ1) is 19.7. The van der Waals surface area contributed by atoms with Gasteiger partial charge >= 0.3 is 5.97 Å². The number of carbonyl (C=O) groups excluding carboxylic acids is 2. The van der Waals surface area contributed by atoms with Crippen LogP contribution in [0.25, 0.3) is 11.0 Å². The molecule has 3 rings (SSSR count). The van der Waals surface area contributed by atoms with E-state index in [1.807, 2.05) is 26.8 Å². The number of hydrogen-bond acceptors (Lipinski definition) is 4. The van der Waals surface area contributed by atoms with Crippen LogP contribution in [0.2, 0.25) is 0 Å². The average molecular weight is 379 g/mol. The standard InChI is InChI=1S/C23H25NO4/c1-4-5-10-27-23(26)17-6-8-19(9-7-17)24-21(25)13-18-14-28-20-12-15(2)11-16(3)22(18)20/h6-9,11-12,14H,4-5,10,13H2,1-3H3,(H,24,25). The molecule has 2 aromatic carbocycles. The molecule has 1 aromatic heterocycles. The zero-order valence-corrected chi connectivity index (χ0v) is 16.5. The van der Waals surface area contributed by atoms with Crippen LogP contribution >= 0.6 is 0 Å². The van der Waals surface area contributed by atoms with Crippen LogP contribution in [-0.4, -0.2) is 18.5 Å². The molecule has 0 aliphatic rings. The Morgan fingerprint density at radius 3 is 2.57 bits per heavy atom. The molecule has 0 bridgehead atoms. The molecule has 0 radical (unpaired) electrons. The molecular formula is C23H25NO4. The Labute approximate surface area is 164 Å². The molecule has 1 heterocycles. The molecule has 0 atom stereocenters. The predicted octanol–water partition coefficient (Wildman–Crippen LogP) is 5.19. The number of esters is 1. The Morgan fingerprint density at radius 1 is 1.11 bits per heavy atom. The molecule has 0 spiro atoms. The zero-order chi connectivity index (χ0) is 20.1. The van der Waals surface area contributed by atoms with Crippen molar-refractivity contribution in [3.8, 4) is 0 Å². The molecule has 5 heteroatoms. The lowest BCUT2D eigenvalue weighted by Gasteiger charge is -2.07. The Hall–Kier alpha value is -3.08. The van der Waals surface area contributed by atoms with Gasteiger partial charge in [0.2, 0.25) is 5.91 Å². The van der Waals surface area contributed by atoms with E-state index in [0.717, 1.165) is 40.5 Å². The van der Waals surface area contributed by atoms with E-state index in [-0.39, 0.29) is 18.3 Å². The summed E-state index contributed by atoms with van der Waals surface area (Å²) in [6.45, 7) is 6.50. The zero-order valence-electron chi connectivity index (χ0n) is 16.5. The number of aryl methyl sites for hydroxylation is 2. The number of amides is 1.